The molecule has 3 rings (SSSR count). The molecule has 1 aromatic heterocycles. The third-order valence-electron chi connectivity index (χ3n) is 4.50. The van der Waals surface area contributed by atoms with Gasteiger partial charge >= 0.3 is 0 Å². The predicted octanol–water partition coefficient (Wildman–Crippen LogP) is 2.15. The van der Waals surface area contributed by atoms with Gasteiger partial charge in [0.25, 0.3) is 0 Å². The topological polar surface area (TPSA) is 46.3 Å². The van der Waals surface area contributed by atoms with Crippen LogP contribution >= 0.6 is 11.3 Å². The second kappa shape index (κ2) is 4.67. The van der Waals surface area contributed by atoms with Crippen molar-refractivity contribution in [2.45, 2.75) is 38.6 Å². The average Bonchev–Trinajstić information content (AvgIpc) is 3.06. The van der Waals surface area contributed by atoms with Gasteiger partial charge in [-0.1, -0.05) is 12.8 Å². The number of nitrogens with zero attached hydrogens (tertiary/aromatic N) is 1. The molecule has 0 saturated heterocycles. The van der Waals surface area contributed by atoms with Crippen molar-refractivity contribution in [2.24, 2.45) is 11.1 Å². The van der Waals surface area contributed by atoms with Crippen LogP contribution < -0.4 is 5.73 Å². The highest BCUT2D eigenvalue weighted by Gasteiger charge is 2.42. The first-order valence-electron chi connectivity index (χ1n) is 6.80. The number of fused-ring (bicyclic) bond motifs is 1. The van der Waals surface area contributed by atoms with Crippen molar-refractivity contribution < 1.29 is 4.79 Å². The van der Waals surface area contributed by atoms with E-state index in [-0.39, 0.29) is 5.41 Å². The van der Waals surface area contributed by atoms with Gasteiger partial charge in [-0.2, -0.15) is 0 Å². The summed E-state index contributed by atoms with van der Waals surface area (Å²) in [7, 11) is 0. The molecule has 1 aliphatic heterocycles. The second-order valence-electron chi connectivity index (χ2n) is 5.54. The molecule has 3 nitrogen and oxygen atoms in total. The number of hydrogen-bond donors (Lipinski definition) is 1. The molecule has 18 heavy (non-hydrogen) atoms. The van der Waals surface area contributed by atoms with Gasteiger partial charge in [0.15, 0.2) is 0 Å². The number of nitrogens with two attached hydrogens (primary N) is 1. The van der Waals surface area contributed by atoms with E-state index in [2.05, 4.69) is 11.4 Å². The number of thiophene rings is 1. The van der Waals surface area contributed by atoms with E-state index in [9.17, 15) is 4.79 Å². The molecule has 1 aliphatic carbocycles. The summed E-state index contributed by atoms with van der Waals surface area (Å²) in [6, 6.07) is 2.16. The van der Waals surface area contributed by atoms with E-state index in [4.69, 9.17) is 5.73 Å². The highest BCUT2D eigenvalue weighted by atomic mass is 32.1. The smallest absolute Gasteiger partial charge is 0.230 e. The minimum atomic E-state index is -0.243. The maximum absolute atomic E-state index is 12.7. The molecule has 2 N–H and O–H groups in total. The number of carbonyl (C=O) groups excluding carboxylic acids is 1. The molecule has 1 amide bonds. The van der Waals surface area contributed by atoms with E-state index in [0.717, 1.165) is 45.2 Å². The molecule has 2 aliphatic rings. The maximum Gasteiger partial charge on any atom is 0.230 e. The first-order chi connectivity index (χ1) is 8.75. The van der Waals surface area contributed by atoms with Crippen LogP contribution in [-0.4, -0.2) is 23.9 Å². The minimum absolute atomic E-state index is 0.243. The van der Waals surface area contributed by atoms with Gasteiger partial charge in [0, 0.05) is 24.5 Å². The Kier molecular flexibility index (Phi) is 3.16. The Morgan fingerprint density at radius 2 is 2.22 bits per heavy atom. The highest BCUT2D eigenvalue weighted by molar-refractivity contribution is 7.10. The molecule has 1 aromatic rings. The first-order valence-corrected chi connectivity index (χ1v) is 7.68. The minimum Gasteiger partial charge on any atom is -0.337 e. The monoisotopic (exact) mass is 264 g/mol. The summed E-state index contributed by atoms with van der Waals surface area (Å²) in [6.07, 6.45) is 5.28. The molecule has 0 spiro atoms. The van der Waals surface area contributed by atoms with E-state index in [1.807, 2.05) is 16.2 Å². The van der Waals surface area contributed by atoms with Gasteiger partial charge in [0.1, 0.15) is 0 Å². The molecule has 1 saturated carbocycles. The predicted molar refractivity (Wildman–Crippen MR) is 73.4 cm³/mol. The van der Waals surface area contributed by atoms with Gasteiger partial charge in [-0.25, -0.2) is 0 Å². The van der Waals surface area contributed by atoms with E-state index >= 15 is 0 Å². The zero-order chi connectivity index (χ0) is 12.6. The lowest BCUT2D eigenvalue weighted by atomic mass is 9.84. The van der Waals surface area contributed by atoms with E-state index in [1.165, 1.54) is 10.4 Å². The largest absolute Gasteiger partial charge is 0.337 e. The van der Waals surface area contributed by atoms with Gasteiger partial charge in [-0.15, -0.1) is 11.3 Å². The number of hydrogen-bond acceptors (Lipinski definition) is 3. The van der Waals surface area contributed by atoms with Crippen LogP contribution in [0.1, 0.15) is 36.1 Å². The average molecular weight is 264 g/mol. The molecule has 0 bridgehead atoms. The summed E-state index contributed by atoms with van der Waals surface area (Å²) in [4.78, 5) is 16.2. The summed E-state index contributed by atoms with van der Waals surface area (Å²) in [5, 5.41) is 2.13. The lowest BCUT2D eigenvalue weighted by Crippen LogP contribution is -2.48. The van der Waals surface area contributed by atoms with Gasteiger partial charge < -0.3 is 10.6 Å². The summed E-state index contributed by atoms with van der Waals surface area (Å²) in [6.45, 7) is 2.17. The van der Waals surface area contributed by atoms with E-state index in [1.54, 1.807) is 0 Å². The zero-order valence-corrected chi connectivity index (χ0v) is 11.5. The number of carbonyl (C=O) groups is 1. The summed E-state index contributed by atoms with van der Waals surface area (Å²) in [5.74, 6) is 0.305. The van der Waals surface area contributed by atoms with Gasteiger partial charge in [-0.05, 0) is 36.3 Å². The van der Waals surface area contributed by atoms with Crippen molar-refractivity contribution in [3.63, 3.8) is 0 Å². The lowest BCUT2D eigenvalue weighted by Gasteiger charge is -2.35. The standard InChI is InChI=1S/C14H20N2OS/c15-10-14(5-1-2-6-14)13(17)16-7-3-12-11(9-16)4-8-18-12/h4,8H,1-3,5-7,9-10,15H2. The first kappa shape index (κ1) is 12.2. The van der Waals surface area contributed by atoms with Crippen LogP contribution in [-0.2, 0) is 17.8 Å². The Labute approximate surface area is 112 Å². The van der Waals surface area contributed by atoms with Gasteiger partial charge in [0.2, 0.25) is 5.91 Å². The molecular weight excluding hydrogens is 244 g/mol. The molecule has 0 atom stereocenters. The van der Waals surface area contributed by atoms with Crippen molar-refractivity contribution in [1.82, 2.24) is 4.90 Å². The van der Waals surface area contributed by atoms with E-state index < -0.39 is 0 Å². The van der Waals surface area contributed by atoms with E-state index in [0.29, 0.717) is 12.5 Å². The van der Waals surface area contributed by atoms with Crippen molar-refractivity contribution in [3.8, 4) is 0 Å². The Hall–Kier alpha value is -0.870. The Morgan fingerprint density at radius 3 is 2.94 bits per heavy atom. The summed E-state index contributed by atoms with van der Waals surface area (Å²) < 4.78 is 0. The van der Waals surface area contributed by atoms with Crippen LogP contribution in [0.15, 0.2) is 11.4 Å². The Morgan fingerprint density at radius 1 is 1.44 bits per heavy atom. The summed E-state index contributed by atoms with van der Waals surface area (Å²) in [5.41, 5.74) is 7.00. The molecule has 0 aromatic carbocycles. The Balaban J connectivity index is 1.78. The molecule has 0 radical (unpaired) electrons. The van der Waals surface area contributed by atoms with Crippen LogP contribution in [0.5, 0.6) is 0 Å². The fourth-order valence-electron chi connectivity index (χ4n) is 3.31. The fourth-order valence-corrected chi connectivity index (χ4v) is 4.20. The van der Waals surface area contributed by atoms with Crippen LogP contribution in [0, 0.1) is 5.41 Å². The third kappa shape index (κ3) is 1.88. The van der Waals surface area contributed by atoms with Crippen LogP contribution in [0.2, 0.25) is 0 Å². The van der Waals surface area contributed by atoms with Gasteiger partial charge in [0.05, 0.1) is 5.41 Å². The number of amides is 1. The van der Waals surface area contributed by atoms with Gasteiger partial charge in [-0.3, -0.25) is 4.79 Å². The molecular formula is C14H20N2OS. The van der Waals surface area contributed by atoms with Crippen molar-refractivity contribution in [2.75, 3.05) is 13.1 Å². The lowest BCUT2D eigenvalue weighted by molar-refractivity contribution is -0.142. The highest BCUT2D eigenvalue weighted by Crippen LogP contribution is 2.40. The maximum atomic E-state index is 12.7. The molecule has 98 valence electrons. The normalized spacial score (nSPS) is 21.9. The third-order valence-corrected chi connectivity index (χ3v) is 5.52. The molecule has 4 heteroatoms. The number of rotatable bonds is 2. The zero-order valence-electron chi connectivity index (χ0n) is 10.7. The second-order valence-corrected chi connectivity index (χ2v) is 6.54. The fraction of sp³-hybridized carbons (Fsp3) is 0.643. The Bertz CT molecular complexity index is 448. The molecule has 2 heterocycles. The van der Waals surface area contributed by atoms with Crippen molar-refractivity contribution >= 4 is 17.2 Å². The molecule has 1 fully saturated rings. The van der Waals surface area contributed by atoms with Crippen LogP contribution in [0.25, 0.3) is 0 Å². The quantitative estimate of drug-likeness (QED) is 0.889. The van der Waals surface area contributed by atoms with Crippen LogP contribution in [0.4, 0.5) is 0 Å². The van der Waals surface area contributed by atoms with Crippen LogP contribution in [0.3, 0.4) is 0 Å². The van der Waals surface area contributed by atoms with Crippen molar-refractivity contribution in [3.05, 3.63) is 21.9 Å². The SMILES string of the molecule is NCC1(C(=O)N2CCc3sccc3C2)CCCC1. The molecule has 0 unspecified atom stereocenters. The summed E-state index contributed by atoms with van der Waals surface area (Å²) >= 11 is 1.81. The van der Waals surface area contributed by atoms with Crippen molar-refractivity contribution in [1.29, 1.82) is 0 Å².